The Morgan fingerprint density at radius 2 is 2.21 bits per heavy atom. The van der Waals surface area contributed by atoms with Crippen LogP contribution in [0, 0.1) is 0 Å². The van der Waals surface area contributed by atoms with Gasteiger partial charge in [-0.3, -0.25) is 19.3 Å². The minimum Gasteiger partial charge on any atom is -0.352 e. The number of thioether (sulfide) groups is 1. The zero-order chi connectivity index (χ0) is 16.5. The Labute approximate surface area is 141 Å². The number of benzene rings is 1. The van der Waals surface area contributed by atoms with Crippen molar-refractivity contribution in [1.29, 1.82) is 0 Å². The van der Waals surface area contributed by atoms with Gasteiger partial charge in [0.25, 0.3) is 5.56 Å². The summed E-state index contributed by atoms with van der Waals surface area (Å²) in [7, 11) is 0. The van der Waals surface area contributed by atoms with Gasteiger partial charge >= 0.3 is 0 Å². The minimum absolute atomic E-state index is 0.0727. The van der Waals surface area contributed by atoms with Gasteiger partial charge in [0.05, 0.1) is 12.2 Å². The molecule has 1 aliphatic rings. The van der Waals surface area contributed by atoms with E-state index in [1.54, 1.807) is 4.57 Å². The number of H-pyrrole nitrogens is 1. The maximum atomic E-state index is 12.6. The first kappa shape index (κ1) is 14.9. The van der Waals surface area contributed by atoms with Gasteiger partial charge in [-0.1, -0.05) is 42.1 Å². The number of amides is 1. The lowest BCUT2D eigenvalue weighted by Crippen LogP contribution is -2.30. The van der Waals surface area contributed by atoms with Crippen molar-refractivity contribution < 1.29 is 4.79 Å². The number of carbonyl (C=O) groups excluding carboxylic acids is 1. The minimum atomic E-state index is -0.180. The number of fused-ring (bicyclic) bond motifs is 2. The molecule has 1 atom stereocenters. The lowest BCUT2D eigenvalue weighted by atomic mass is 10.2. The van der Waals surface area contributed by atoms with Gasteiger partial charge < -0.3 is 5.32 Å². The van der Waals surface area contributed by atoms with Gasteiger partial charge in [-0.25, -0.2) is 4.98 Å². The molecule has 2 aromatic heterocycles. The van der Waals surface area contributed by atoms with E-state index in [2.05, 4.69) is 20.5 Å². The number of carbonyl (C=O) groups is 1. The first-order valence-electron chi connectivity index (χ1n) is 7.61. The molecule has 24 heavy (non-hydrogen) atoms. The smallest absolute Gasteiger partial charge is 0.265 e. The Morgan fingerprint density at radius 1 is 1.38 bits per heavy atom. The number of aromatic amines is 1. The summed E-state index contributed by atoms with van der Waals surface area (Å²) in [5, 5.41) is 10.6. The molecule has 0 aliphatic carbocycles. The lowest BCUT2D eigenvalue weighted by molar-refractivity contribution is -0.121. The van der Waals surface area contributed by atoms with Crippen molar-refractivity contribution >= 4 is 28.7 Å². The summed E-state index contributed by atoms with van der Waals surface area (Å²) in [6.07, 6.45) is 1.74. The van der Waals surface area contributed by atoms with Crippen molar-refractivity contribution in [3.05, 3.63) is 52.4 Å². The first-order chi connectivity index (χ1) is 11.7. The van der Waals surface area contributed by atoms with E-state index in [9.17, 15) is 9.59 Å². The largest absolute Gasteiger partial charge is 0.352 e. The van der Waals surface area contributed by atoms with E-state index in [0.29, 0.717) is 28.5 Å². The zero-order valence-corrected chi connectivity index (χ0v) is 13.5. The van der Waals surface area contributed by atoms with Crippen molar-refractivity contribution in [2.45, 2.75) is 24.2 Å². The normalized spacial score (nSPS) is 16.2. The number of aromatic nitrogens is 4. The Balaban J connectivity index is 1.49. The van der Waals surface area contributed by atoms with Gasteiger partial charge in [-0.15, -0.1) is 0 Å². The molecular weight excluding hydrogens is 326 g/mol. The predicted molar refractivity (Wildman–Crippen MR) is 90.8 cm³/mol. The third-order valence-electron chi connectivity index (χ3n) is 4.01. The quantitative estimate of drug-likeness (QED) is 0.701. The summed E-state index contributed by atoms with van der Waals surface area (Å²) in [5.74, 6) is 0.595. The highest BCUT2D eigenvalue weighted by atomic mass is 32.2. The molecule has 7 nitrogen and oxygen atoms in total. The summed E-state index contributed by atoms with van der Waals surface area (Å²) in [6, 6.07) is 9.56. The number of hydrogen-bond donors (Lipinski definition) is 2. The summed E-state index contributed by atoms with van der Waals surface area (Å²) in [6.45, 7) is 0.486. The van der Waals surface area contributed by atoms with E-state index < -0.39 is 0 Å². The third kappa shape index (κ3) is 2.69. The first-order valence-corrected chi connectivity index (χ1v) is 8.60. The molecule has 2 N–H and O–H groups in total. The molecule has 1 aliphatic heterocycles. The van der Waals surface area contributed by atoms with Gasteiger partial charge in [-0.05, 0) is 5.56 Å². The number of hydrogen-bond acceptors (Lipinski definition) is 5. The van der Waals surface area contributed by atoms with Crippen molar-refractivity contribution in [3.8, 4) is 0 Å². The van der Waals surface area contributed by atoms with E-state index >= 15 is 0 Å². The molecular formula is C16H15N5O2S. The number of nitrogens with zero attached hydrogens (tertiary/aromatic N) is 3. The second-order valence-electron chi connectivity index (χ2n) is 5.63. The fraction of sp³-hybridized carbons (Fsp3) is 0.250. The van der Waals surface area contributed by atoms with E-state index in [1.807, 2.05) is 30.3 Å². The molecule has 1 amide bonds. The Kier molecular flexibility index (Phi) is 3.81. The molecule has 3 heterocycles. The predicted octanol–water partition coefficient (Wildman–Crippen LogP) is 1.47. The molecule has 0 saturated carbocycles. The Morgan fingerprint density at radius 3 is 3.04 bits per heavy atom. The van der Waals surface area contributed by atoms with Crippen LogP contribution in [0.15, 0.2) is 46.5 Å². The van der Waals surface area contributed by atoms with Gasteiger partial charge in [0.1, 0.15) is 5.39 Å². The van der Waals surface area contributed by atoms with Gasteiger partial charge in [0, 0.05) is 18.7 Å². The van der Waals surface area contributed by atoms with Crippen molar-refractivity contribution in [2.75, 3.05) is 5.75 Å². The molecule has 3 aromatic rings. The highest BCUT2D eigenvalue weighted by molar-refractivity contribution is 7.99. The summed E-state index contributed by atoms with van der Waals surface area (Å²) in [4.78, 5) is 29.2. The van der Waals surface area contributed by atoms with Crippen LogP contribution in [-0.2, 0) is 11.3 Å². The zero-order valence-electron chi connectivity index (χ0n) is 12.7. The fourth-order valence-electron chi connectivity index (χ4n) is 2.79. The van der Waals surface area contributed by atoms with Crippen LogP contribution in [0.2, 0.25) is 0 Å². The topological polar surface area (TPSA) is 92.7 Å². The summed E-state index contributed by atoms with van der Waals surface area (Å²) in [5.41, 5.74) is 1.40. The second-order valence-corrected chi connectivity index (χ2v) is 6.62. The number of rotatable bonds is 4. The average molecular weight is 341 g/mol. The van der Waals surface area contributed by atoms with E-state index in [4.69, 9.17) is 0 Å². The van der Waals surface area contributed by atoms with Crippen LogP contribution in [0.4, 0.5) is 0 Å². The average Bonchev–Trinajstić information content (AvgIpc) is 3.22. The molecule has 4 rings (SSSR count). The molecule has 0 radical (unpaired) electrons. The van der Waals surface area contributed by atoms with Gasteiger partial charge in [-0.2, -0.15) is 5.10 Å². The second kappa shape index (κ2) is 6.12. The van der Waals surface area contributed by atoms with Crippen LogP contribution in [0.1, 0.15) is 18.0 Å². The van der Waals surface area contributed by atoms with Gasteiger partial charge in [0.2, 0.25) is 5.91 Å². The fourth-order valence-corrected chi connectivity index (χ4v) is 3.92. The van der Waals surface area contributed by atoms with Crippen LogP contribution < -0.4 is 10.9 Å². The molecule has 0 fully saturated rings. The van der Waals surface area contributed by atoms with Gasteiger partial charge in [0.15, 0.2) is 10.8 Å². The maximum Gasteiger partial charge on any atom is 0.265 e. The summed E-state index contributed by atoms with van der Waals surface area (Å²) < 4.78 is 1.62. The molecule has 1 unspecified atom stereocenters. The molecule has 0 saturated heterocycles. The highest BCUT2D eigenvalue weighted by Crippen LogP contribution is 2.32. The molecule has 122 valence electrons. The van der Waals surface area contributed by atoms with Crippen LogP contribution in [0.25, 0.3) is 11.0 Å². The third-order valence-corrected chi connectivity index (χ3v) is 5.10. The van der Waals surface area contributed by atoms with Crippen LogP contribution in [0.5, 0.6) is 0 Å². The van der Waals surface area contributed by atoms with Crippen molar-refractivity contribution in [3.63, 3.8) is 0 Å². The molecule has 0 spiro atoms. The van der Waals surface area contributed by atoms with E-state index in [0.717, 1.165) is 5.56 Å². The molecule has 8 heteroatoms. The SMILES string of the molecule is O=C(CC1CSc2nc3[nH]ncc3c(=O)n21)NCc1ccccc1. The van der Waals surface area contributed by atoms with E-state index in [-0.39, 0.29) is 23.9 Å². The van der Waals surface area contributed by atoms with E-state index in [1.165, 1.54) is 18.0 Å². The number of nitrogens with one attached hydrogen (secondary N) is 2. The van der Waals surface area contributed by atoms with Crippen molar-refractivity contribution in [1.82, 2.24) is 25.1 Å². The Hall–Kier alpha value is -2.61. The van der Waals surface area contributed by atoms with Crippen LogP contribution in [-0.4, -0.2) is 31.4 Å². The molecule has 0 bridgehead atoms. The maximum absolute atomic E-state index is 12.6. The summed E-state index contributed by atoms with van der Waals surface area (Å²) >= 11 is 1.49. The highest BCUT2D eigenvalue weighted by Gasteiger charge is 2.28. The standard InChI is InChI=1S/C16H15N5O2S/c22-13(17-7-10-4-2-1-3-5-10)6-11-9-24-16-19-14-12(8-18-20-14)15(23)21(11)16/h1-5,8,11H,6-7,9H2,(H,17,22)(H,18,20). The van der Waals surface area contributed by atoms with Crippen molar-refractivity contribution in [2.24, 2.45) is 0 Å². The van der Waals surface area contributed by atoms with Crippen LogP contribution in [0.3, 0.4) is 0 Å². The Bertz CT molecular complexity index is 950. The monoisotopic (exact) mass is 341 g/mol. The van der Waals surface area contributed by atoms with Crippen LogP contribution >= 0.6 is 11.8 Å². The lowest BCUT2D eigenvalue weighted by Gasteiger charge is -2.13. The molecule has 1 aromatic carbocycles.